The van der Waals surface area contributed by atoms with Gasteiger partial charge in [0.25, 0.3) is 0 Å². The van der Waals surface area contributed by atoms with Crippen LogP contribution in [0.3, 0.4) is 0 Å². The van der Waals surface area contributed by atoms with Crippen molar-refractivity contribution in [3.63, 3.8) is 0 Å². The maximum Gasteiger partial charge on any atom is 0.187 e. The Balaban J connectivity index is 1.33. The molecule has 0 radical (unpaired) electrons. The molecule has 0 aromatic carbocycles. The van der Waals surface area contributed by atoms with Crippen LogP contribution < -0.4 is 0 Å². The van der Waals surface area contributed by atoms with Gasteiger partial charge in [0, 0.05) is 26.6 Å². The molecule has 5 N–H and O–H groups in total. The van der Waals surface area contributed by atoms with Gasteiger partial charge in [0.2, 0.25) is 0 Å². The number of methoxy groups -OCH3 is 2. The molecule has 0 spiro atoms. The molecule has 0 aromatic rings. The molecule has 4 saturated heterocycles. The van der Waals surface area contributed by atoms with Crippen LogP contribution in [0.2, 0.25) is 0 Å². The third-order valence-electron chi connectivity index (χ3n) is 9.04. The van der Waals surface area contributed by atoms with Crippen LogP contribution in [-0.2, 0) is 66.8 Å². The fourth-order valence-corrected chi connectivity index (χ4v) is 6.43. The zero-order valence-corrected chi connectivity index (χ0v) is 28.7. The molecule has 8 unspecified atom stereocenters. The SMILES string of the molecule is COCC1CCC(OOO)[C@@H](OCC2CCC(OCOCO)[C@@H](OCC3CCC(CC(=N)OCO)[C@@H](OCC4CCC(O)[C@@H](OC)O4)O3)O2)O1. The van der Waals surface area contributed by atoms with Crippen LogP contribution in [0, 0.1) is 11.3 Å². The minimum atomic E-state index is -0.833. The van der Waals surface area contributed by atoms with Crippen molar-refractivity contribution in [2.45, 2.75) is 126 Å². The number of ether oxygens (including phenoxy) is 12. The minimum absolute atomic E-state index is 0.0792. The first kappa shape index (κ1) is 41.5. The summed E-state index contributed by atoms with van der Waals surface area (Å²) >= 11 is 0. The molecule has 19 heteroatoms. The van der Waals surface area contributed by atoms with E-state index in [4.69, 9.17) is 82.6 Å². The minimum Gasteiger partial charge on any atom is -0.455 e. The van der Waals surface area contributed by atoms with Crippen molar-refractivity contribution in [2.75, 3.05) is 61.0 Å². The van der Waals surface area contributed by atoms with Gasteiger partial charge in [0.05, 0.1) is 50.8 Å². The Labute approximate surface area is 291 Å². The van der Waals surface area contributed by atoms with Crippen molar-refractivity contribution in [1.82, 2.24) is 0 Å². The third kappa shape index (κ3) is 13.3. The van der Waals surface area contributed by atoms with E-state index in [1.54, 1.807) is 7.11 Å². The number of nitrogens with one attached hydrogen (secondary N) is 1. The molecule has 4 heterocycles. The van der Waals surface area contributed by atoms with Gasteiger partial charge in [-0.05, 0) is 51.4 Å². The number of aliphatic hydroxyl groups is 3. The van der Waals surface area contributed by atoms with Gasteiger partial charge < -0.3 is 72.2 Å². The summed E-state index contributed by atoms with van der Waals surface area (Å²) in [6.45, 7) is -0.457. The number of aliphatic hydroxyl groups excluding tert-OH is 3. The fourth-order valence-electron chi connectivity index (χ4n) is 6.43. The molecule has 4 fully saturated rings. The largest absolute Gasteiger partial charge is 0.455 e. The normalized spacial score (nSPS) is 36.7. The third-order valence-corrected chi connectivity index (χ3v) is 9.04. The smallest absolute Gasteiger partial charge is 0.187 e. The molecular formula is C31H55NO18. The van der Waals surface area contributed by atoms with Gasteiger partial charge in [0.1, 0.15) is 31.9 Å². The maximum absolute atomic E-state index is 10.1. The molecule has 292 valence electrons. The molecule has 0 amide bonds. The van der Waals surface area contributed by atoms with Crippen LogP contribution in [-0.4, -0.2) is 155 Å². The van der Waals surface area contributed by atoms with Crippen molar-refractivity contribution in [1.29, 1.82) is 5.41 Å². The van der Waals surface area contributed by atoms with Crippen molar-refractivity contribution in [3.05, 3.63) is 0 Å². The molecule has 4 aliphatic heterocycles. The van der Waals surface area contributed by atoms with Gasteiger partial charge in [0.15, 0.2) is 37.9 Å². The molecule has 0 aliphatic carbocycles. The Hall–Kier alpha value is -1.21. The summed E-state index contributed by atoms with van der Waals surface area (Å²) in [5.41, 5.74) is 0. The average Bonchev–Trinajstić information content (AvgIpc) is 3.12. The average molecular weight is 730 g/mol. The van der Waals surface area contributed by atoms with Gasteiger partial charge in [-0.15, -0.1) is 0 Å². The predicted molar refractivity (Wildman–Crippen MR) is 165 cm³/mol. The Bertz CT molecular complexity index is 938. The highest BCUT2D eigenvalue weighted by atomic mass is 17.5. The molecule has 4 aliphatic rings. The molecule has 19 nitrogen and oxygen atoms in total. The van der Waals surface area contributed by atoms with E-state index in [9.17, 15) is 5.11 Å². The second-order valence-corrected chi connectivity index (χ2v) is 12.6. The maximum atomic E-state index is 10.1. The lowest BCUT2D eigenvalue weighted by Gasteiger charge is -2.40. The van der Waals surface area contributed by atoms with Crippen LogP contribution in [0.15, 0.2) is 0 Å². The van der Waals surface area contributed by atoms with E-state index in [0.29, 0.717) is 58.0 Å². The summed E-state index contributed by atoms with van der Waals surface area (Å²) in [6.07, 6.45) is -1.64. The quantitative estimate of drug-likeness (QED) is 0.0274. The highest BCUT2D eigenvalue weighted by molar-refractivity contribution is 5.72. The summed E-state index contributed by atoms with van der Waals surface area (Å²) in [5, 5.41) is 49.1. The van der Waals surface area contributed by atoms with Crippen LogP contribution in [0.5, 0.6) is 0 Å². The van der Waals surface area contributed by atoms with Gasteiger partial charge in [-0.2, -0.15) is 4.89 Å². The summed E-state index contributed by atoms with van der Waals surface area (Å²) < 4.78 is 69.0. The molecule has 50 heavy (non-hydrogen) atoms. The zero-order valence-electron chi connectivity index (χ0n) is 28.7. The van der Waals surface area contributed by atoms with E-state index >= 15 is 0 Å². The molecule has 12 atom stereocenters. The predicted octanol–water partition coefficient (Wildman–Crippen LogP) is 0.759. The van der Waals surface area contributed by atoms with Crippen LogP contribution in [0.1, 0.15) is 57.8 Å². The van der Waals surface area contributed by atoms with Crippen molar-refractivity contribution < 1.29 is 87.3 Å². The van der Waals surface area contributed by atoms with Crippen LogP contribution in [0.4, 0.5) is 0 Å². The van der Waals surface area contributed by atoms with Crippen LogP contribution in [0.25, 0.3) is 0 Å². The second-order valence-electron chi connectivity index (χ2n) is 12.6. The van der Waals surface area contributed by atoms with E-state index in [-0.39, 0.29) is 57.1 Å². The molecule has 0 aromatic heterocycles. The topological polar surface area (TPSA) is 234 Å². The van der Waals surface area contributed by atoms with E-state index < -0.39 is 69.3 Å². The number of hydrogen-bond donors (Lipinski definition) is 5. The Morgan fingerprint density at radius 2 is 1.22 bits per heavy atom. The number of hydrogen-bond acceptors (Lipinski definition) is 19. The lowest BCUT2D eigenvalue weighted by Crippen LogP contribution is -2.48. The Morgan fingerprint density at radius 3 is 1.84 bits per heavy atom. The van der Waals surface area contributed by atoms with Gasteiger partial charge in [-0.25, -0.2) is 5.26 Å². The molecular weight excluding hydrogens is 674 g/mol. The zero-order chi connectivity index (χ0) is 35.7. The standard InChI is InChI=1S/C31H55NO18/c1-37-12-20-7-10-26(49-50-36)31(47-20)42-15-23-6-9-25(44-18-39-16-33)30(48-23)41-14-21-4-3-19(11-27(32)43-17-34)28(45-21)40-13-22-5-8-24(35)29(38-2)46-22/h19-26,28-36H,3-18H2,1-2H3/t19?,20?,21?,22?,23?,24?,25?,26?,28-,29-,30-,31-/m0/s1. The monoisotopic (exact) mass is 729 g/mol. The highest BCUT2D eigenvalue weighted by Gasteiger charge is 2.40. The first-order valence-corrected chi connectivity index (χ1v) is 17.1. The van der Waals surface area contributed by atoms with Crippen molar-refractivity contribution in [2.24, 2.45) is 5.92 Å². The molecule has 4 rings (SSSR count). The second kappa shape index (κ2) is 22.8. The van der Waals surface area contributed by atoms with Gasteiger partial charge in [-0.3, -0.25) is 5.41 Å². The molecule has 0 bridgehead atoms. The summed E-state index contributed by atoms with van der Waals surface area (Å²) in [5.74, 6) is -0.309. The van der Waals surface area contributed by atoms with E-state index in [1.807, 2.05) is 0 Å². The van der Waals surface area contributed by atoms with Crippen LogP contribution >= 0.6 is 0 Å². The molecule has 0 saturated carbocycles. The first-order chi connectivity index (χ1) is 24.4. The van der Waals surface area contributed by atoms with Gasteiger partial charge in [-0.1, -0.05) is 5.04 Å². The summed E-state index contributed by atoms with van der Waals surface area (Å²) in [6, 6.07) is 0. The van der Waals surface area contributed by atoms with Crippen molar-refractivity contribution in [3.8, 4) is 0 Å². The fraction of sp³-hybridized carbons (Fsp3) is 0.968. The first-order valence-electron chi connectivity index (χ1n) is 17.1. The lowest BCUT2D eigenvalue weighted by atomic mass is 9.93. The summed E-state index contributed by atoms with van der Waals surface area (Å²) in [7, 11) is 3.05. The lowest BCUT2D eigenvalue weighted by molar-refractivity contribution is -0.522. The Morgan fingerprint density at radius 1 is 0.660 bits per heavy atom. The Kier molecular flexibility index (Phi) is 18.9. The highest BCUT2D eigenvalue weighted by Crippen LogP contribution is 2.32. The van der Waals surface area contributed by atoms with E-state index in [1.165, 1.54) is 7.11 Å². The van der Waals surface area contributed by atoms with Gasteiger partial charge >= 0.3 is 0 Å². The van der Waals surface area contributed by atoms with Crippen molar-refractivity contribution >= 4 is 5.90 Å². The van der Waals surface area contributed by atoms with E-state index in [2.05, 4.69) is 5.04 Å². The van der Waals surface area contributed by atoms with E-state index in [0.717, 1.165) is 0 Å². The number of rotatable bonds is 21. The summed E-state index contributed by atoms with van der Waals surface area (Å²) in [4.78, 5) is 4.94.